The van der Waals surface area contributed by atoms with Crippen LogP contribution in [-0.4, -0.2) is 48.9 Å². The summed E-state index contributed by atoms with van der Waals surface area (Å²) in [7, 11) is 1.62. The molecule has 214 valence electrons. The molecular weight excluding hydrogens is 506 g/mol. The lowest BCUT2D eigenvalue weighted by atomic mass is 9.98. The molecule has 0 unspecified atom stereocenters. The number of carbonyl (C=O) groups is 2. The third-order valence-electron chi connectivity index (χ3n) is 6.44. The molecule has 3 rings (SSSR count). The van der Waals surface area contributed by atoms with E-state index in [-0.39, 0.29) is 25.0 Å². The molecule has 0 fully saturated rings. The van der Waals surface area contributed by atoms with E-state index in [4.69, 9.17) is 9.47 Å². The second kappa shape index (κ2) is 16.3. The van der Waals surface area contributed by atoms with Gasteiger partial charge in [0.15, 0.2) is 0 Å². The molecule has 0 bridgehead atoms. The van der Waals surface area contributed by atoms with Gasteiger partial charge >= 0.3 is 6.09 Å². The van der Waals surface area contributed by atoms with Crippen molar-refractivity contribution in [3.63, 3.8) is 0 Å². The molecule has 3 atom stereocenters. The second-order valence-corrected chi connectivity index (χ2v) is 10.2. The molecule has 0 spiro atoms. The summed E-state index contributed by atoms with van der Waals surface area (Å²) in [5.74, 6) is 0.547. The molecule has 3 aromatic rings. The molecule has 3 aromatic carbocycles. The first-order valence-corrected chi connectivity index (χ1v) is 13.7. The van der Waals surface area contributed by atoms with E-state index in [0.717, 1.165) is 22.4 Å². The van der Waals surface area contributed by atoms with E-state index in [1.807, 2.05) is 98.8 Å². The van der Waals surface area contributed by atoms with Crippen LogP contribution in [0, 0.1) is 5.92 Å². The summed E-state index contributed by atoms with van der Waals surface area (Å²) in [5.41, 5.74) is 2.86. The maximum Gasteiger partial charge on any atom is 0.408 e. The van der Waals surface area contributed by atoms with E-state index < -0.39 is 24.3 Å². The Labute approximate surface area is 237 Å². The van der Waals surface area contributed by atoms with Crippen LogP contribution in [-0.2, 0) is 29.1 Å². The first-order chi connectivity index (χ1) is 19.3. The molecule has 0 saturated heterocycles. The van der Waals surface area contributed by atoms with Gasteiger partial charge in [-0.3, -0.25) is 4.79 Å². The van der Waals surface area contributed by atoms with Crippen molar-refractivity contribution in [2.75, 3.05) is 13.7 Å². The Morgan fingerprint density at radius 3 is 2.15 bits per heavy atom. The third kappa shape index (κ3) is 10.7. The molecular formula is C32H41N3O5. The Bertz CT molecular complexity index is 1170. The minimum Gasteiger partial charge on any atom is -0.497 e. The number of ether oxygens (including phenoxy) is 2. The van der Waals surface area contributed by atoms with Gasteiger partial charge in [-0.05, 0) is 47.6 Å². The Morgan fingerprint density at radius 1 is 0.850 bits per heavy atom. The monoisotopic (exact) mass is 547 g/mol. The molecule has 0 saturated carbocycles. The number of methoxy groups -OCH3 is 1. The van der Waals surface area contributed by atoms with Crippen LogP contribution in [0.3, 0.4) is 0 Å². The third-order valence-corrected chi connectivity index (χ3v) is 6.44. The molecule has 0 aliphatic heterocycles. The molecule has 4 N–H and O–H groups in total. The highest BCUT2D eigenvalue weighted by Gasteiger charge is 2.28. The van der Waals surface area contributed by atoms with Crippen LogP contribution in [0.4, 0.5) is 4.79 Å². The predicted molar refractivity (Wildman–Crippen MR) is 156 cm³/mol. The van der Waals surface area contributed by atoms with Crippen molar-refractivity contribution >= 4 is 12.0 Å². The van der Waals surface area contributed by atoms with Crippen molar-refractivity contribution in [1.82, 2.24) is 16.0 Å². The minimum absolute atomic E-state index is 0.108. The lowest BCUT2D eigenvalue weighted by Crippen LogP contribution is -2.55. The highest BCUT2D eigenvalue weighted by Crippen LogP contribution is 2.13. The fraction of sp³-hybridized carbons (Fsp3) is 0.375. The van der Waals surface area contributed by atoms with Crippen LogP contribution in [0.2, 0.25) is 0 Å². The Kier molecular flexibility index (Phi) is 12.5. The summed E-state index contributed by atoms with van der Waals surface area (Å²) in [5, 5.41) is 20.1. The number of aliphatic hydroxyl groups excluding tert-OH is 1. The lowest BCUT2D eigenvalue weighted by molar-refractivity contribution is -0.125. The van der Waals surface area contributed by atoms with Crippen molar-refractivity contribution in [3.05, 3.63) is 102 Å². The van der Waals surface area contributed by atoms with Gasteiger partial charge in [0.1, 0.15) is 18.4 Å². The number of alkyl carbamates (subject to hydrolysis) is 1. The average molecular weight is 548 g/mol. The van der Waals surface area contributed by atoms with E-state index in [2.05, 4.69) is 16.0 Å². The Hall–Kier alpha value is -3.88. The number of carbonyl (C=O) groups excluding carboxylic acids is 2. The van der Waals surface area contributed by atoms with Gasteiger partial charge in [-0.15, -0.1) is 0 Å². The first kappa shape index (κ1) is 30.7. The van der Waals surface area contributed by atoms with Crippen LogP contribution in [0.1, 0.15) is 37.0 Å². The summed E-state index contributed by atoms with van der Waals surface area (Å²) >= 11 is 0. The first-order valence-electron chi connectivity index (χ1n) is 13.7. The molecule has 0 radical (unpaired) electrons. The molecule has 8 heteroatoms. The van der Waals surface area contributed by atoms with Crippen molar-refractivity contribution < 1.29 is 24.2 Å². The Balaban J connectivity index is 1.64. The van der Waals surface area contributed by atoms with Gasteiger partial charge in [0, 0.05) is 13.1 Å². The second-order valence-electron chi connectivity index (χ2n) is 10.2. The number of nitrogens with one attached hydrogen (secondary N) is 3. The molecule has 0 aliphatic carbocycles. The molecule has 0 aliphatic rings. The fourth-order valence-corrected chi connectivity index (χ4v) is 4.33. The van der Waals surface area contributed by atoms with Crippen LogP contribution >= 0.6 is 0 Å². The number of rotatable bonds is 15. The summed E-state index contributed by atoms with van der Waals surface area (Å²) in [4.78, 5) is 26.0. The molecule has 2 amide bonds. The predicted octanol–water partition coefficient (Wildman–Crippen LogP) is 4.21. The summed E-state index contributed by atoms with van der Waals surface area (Å²) in [6.45, 7) is 4.87. The topological polar surface area (TPSA) is 109 Å². The number of benzene rings is 3. The highest BCUT2D eigenvalue weighted by molar-refractivity contribution is 5.85. The van der Waals surface area contributed by atoms with E-state index in [0.29, 0.717) is 19.4 Å². The van der Waals surface area contributed by atoms with Crippen LogP contribution in [0.15, 0.2) is 84.9 Å². The quantitative estimate of drug-likeness (QED) is 0.227. The number of hydrogen-bond donors (Lipinski definition) is 4. The smallest absolute Gasteiger partial charge is 0.408 e. The van der Waals surface area contributed by atoms with Crippen LogP contribution in [0.5, 0.6) is 5.75 Å². The zero-order valence-corrected chi connectivity index (χ0v) is 23.5. The Morgan fingerprint density at radius 2 is 1.50 bits per heavy atom. The standard InChI is InChI=1S/C32H41N3O5/c1-23(2)17-29(35-32(38)40-22-25-13-8-5-9-14-25)31(37)34-28(19-24-11-6-4-7-12-24)30(36)21-33-20-26-15-10-16-27(18-26)39-3/h4-16,18,23,28-30,33,36H,17,19-22H2,1-3H3,(H,34,37)(H,35,38)/t28-,29-,30+/m0/s1. The molecule has 8 nitrogen and oxygen atoms in total. The summed E-state index contributed by atoms with van der Waals surface area (Å²) in [6.07, 6.45) is -0.681. The van der Waals surface area contributed by atoms with Gasteiger partial charge in [0.25, 0.3) is 0 Å². The van der Waals surface area contributed by atoms with Crippen LogP contribution < -0.4 is 20.7 Å². The van der Waals surface area contributed by atoms with Gasteiger partial charge < -0.3 is 30.5 Å². The summed E-state index contributed by atoms with van der Waals surface area (Å²) < 4.78 is 10.6. The average Bonchev–Trinajstić information content (AvgIpc) is 2.96. The van der Waals surface area contributed by atoms with E-state index in [9.17, 15) is 14.7 Å². The van der Waals surface area contributed by atoms with Crippen molar-refractivity contribution in [1.29, 1.82) is 0 Å². The van der Waals surface area contributed by atoms with Crippen molar-refractivity contribution in [3.8, 4) is 5.75 Å². The molecule has 40 heavy (non-hydrogen) atoms. The molecule has 0 heterocycles. The van der Waals surface area contributed by atoms with Crippen molar-refractivity contribution in [2.45, 2.75) is 58.0 Å². The fourth-order valence-electron chi connectivity index (χ4n) is 4.33. The number of aliphatic hydroxyl groups is 1. The largest absolute Gasteiger partial charge is 0.497 e. The van der Waals surface area contributed by atoms with Crippen LogP contribution in [0.25, 0.3) is 0 Å². The van der Waals surface area contributed by atoms with Gasteiger partial charge in [-0.1, -0.05) is 86.6 Å². The van der Waals surface area contributed by atoms with E-state index in [1.54, 1.807) is 7.11 Å². The minimum atomic E-state index is -0.875. The summed E-state index contributed by atoms with van der Waals surface area (Å²) in [6, 6.07) is 25.4. The lowest BCUT2D eigenvalue weighted by Gasteiger charge is -2.28. The molecule has 0 aromatic heterocycles. The zero-order valence-electron chi connectivity index (χ0n) is 23.5. The zero-order chi connectivity index (χ0) is 28.7. The van der Waals surface area contributed by atoms with E-state index >= 15 is 0 Å². The maximum absolute atomic E-state index is 13.4. The maximum atomic E-state index is 13.4. The SMILES string of the molecule is COc1cccc(CNC[C@@H](O)[C@H](Cc2ccccc2)NC(=O)[C@H](CC(C)C)NC(=O)OCc2ccccc2)c1. The number of amides is 2. The van der Waals surface area contributed by atoms with Gasteiger partial charge in [0.05, 0.1) is 19.3 Å². The normalized spacial score (nSPS) is 13.2. The van der Waals surface area contributed by atoms with Gasteiger partial charge in [-0.25, -0.2) is 4.79 Å². The number of hydrogen-bond acceptors (Lipinski definition) is 6. The van der Waals surface area contributed by atoms with Gasteiger partial charge in [0.2, 0.25) is 5.91 Å². The highest BCUT2D eigenvalue weighted by atomic mass is 16.5. The van der Waals surface area contributed by atoms with Gasteiger partial charge in [-0.2, -0.15) is 0 Å². The van der Waals surface area contributed by atoms with E-state index in [1.165, 1.54) is 0 Å². The van der Waals surface area contributed by atoms with Crippen molar-refractivity contribution in [2.24, 2.45) is 5.92 Å².